The van der Waals surface area contributed by atoms with Gasteiger partial charge in [0.25, 0.3) is 0 Å². The average Bonchev–Trinajstić information content (AvgIpc) is 3.48. The highest BCUT2D eigenvalue weighted by Gasteiger charge is 2.41. The third kappa shape index (κ3) is 4.45. The third-order valence-corrected chi connectivity index (χ3v) is 7.88. The van der Waals surface area contributed by atoms with E-state index in [9.17, 15) is 4.79 Å². The maximum Gasteiger partial charge on any atom is 0.246 e. The number of fused-ring (bicyclic) bond motifs is 5. The summed E-state index contributed by atoms with van der Waals surface area (Å²) in [5.41, 5.74) is 1.79. The van der Waals surface area contributed by atoms with Crippen LogP contribution in [0.5, 0.6) is 11.5 Å². The van der Waals surface area contributed by atoms with Crippen molar-refractivity contribution < 1.29 is 13.9 Å². The van der Waals surface area contributed by atoms with E-state index in [-0.39, 0.29) is 34.5 Å². The number of nitrogens with one attached hydrogen (secondary N) is 1. The number of carbonyl (C=O) groups excluding carboxylic acids is 1. The van der Waals surface area contributed by atoms with Crippen molar-refractivity contribution >= 4 is 51.5 Å². The highest BCUT2D eigenvalue weighted by Crippen LogP contribution is 2.37. The maximum atomic E-state index is 15.4. The van der Waals surface area contributed by atoms with Gasteiger partial charge in [-0.05, 0) is 49.2 Å². The molecule has 206 valence electrons. The summed E-state index contributed by atoms with van der Waals surface area (Å²) >= 11 is 6.37. The van der Waals surface area contributed by atoms with Crippen LogP contribution in [0.1, 0.15) is 12.8 Å². The molecule has 2 atom stereocenters. The summed E-state index contributed by atoms with van der Waals surface area (Å²) in [7, 11) is 0. The molecule has 0 saturated carbocycles. The van der Waals surface area contributed by atoms with Crippen LogP contribution >= 0.6 is 11.6 Å². The zero-order chi connectivity index (χ0) is 28.1. The van der Waals surface area contributed by atoms with Crippen LogP contribution in [-0.2, 0) is 4.79 Å². The van der Waals surface area contributed by atoms with Gasteiger partial charge < -0.3 is 19.9 Å². The molecule has 1 aromatic carbocycles. The number of benzene rings is 1. The van der Waals surface area contributed by atoms with E-state index in [1.165, 1.54) is 24.8 Å². The van der Waals surface area contributed by atoms with Crippen LogP contribution in [0.3, 0.4) is 0 Å². The molecule has 2 bridgehead atoms. The second kappa shape index (κ2) is 9.97. The van der Waals surface area contributed by atoms with E-state index in [1.54, 1.807) is 28.9 Å². The zero-order valence-electron chi connectivity index (χ0n) is 21.6. The predicted octanol–water partition coefficient (Wildman–Crippen LogP) is 4.76. The van der Waals surface area contributed by atoms with Gasteiger partial charge in [0.05, 0.1) is 11.2 Å². The molecule has 8 rings (SSSR count). The van der Waals surface area contributed by atoms with Crippen molar-refractivity contribution in [2.24, 2.45) is 0 Å². The van der Waals surface area contributed by atoms with E-state index in [4.69, 9.17) is 21.3 Å². The van der Waals surface area contributed by atoms with Gasteiger partial charge >= 0.3 is 0 Å². The van der Waals surface area contributed by atoms with Gasteiger partial charge in [0.15, 0.2) is 17.3 Å². The molecule has 41 heavy (non-hydrogen) atoms. The summed E-state index contributed by atoms with van der Waals surface area (Å²) in [6, 6.07) is 10.5. The summed E-state index contributed by atoms with van der Waals surface area (Å²) in [5.74, 6) is 0.936. The molecule has 4 aromatic heterocycles. The Labute approximate surface area is 238 Å². The summed E-state index contributed by atoms with van der Waals surface area (Å²) in [4.78, 5) is 34.1. The summed E-state index contributed by atoms with van der Waals surface area (Å²) in [6.07, 6.45) is 7.79. The van der Waals surface area contributed by atoms with Crippen molar-refractivity contribution in [3.8, 4) is 11.5 Å². The molecule has 13 heteroatoms. The van der Waals surface area contributed by atoms with Gasteiger partial charge in [-0.25, -0.2) is 28.8 Å². The van der Waals surface area contributed by atoms with Crippen molar-refractivity contribution in [3.63, 3.8) is 0 Å². The molecule has 5 aromatic rings. The fourth-order valence-corrected chi connectivity index (χ4v) is 5.70. The van der Waals surface area contributed by atoms with E-state index in [0.717, 1.165) is 18.7 Å². The minimum Gasteiger partial charge on any atom is -0.455 e. The number of amides is 1. The Morgan fingerprint density at radius 2 is 1.98 bits per heavy atom. The van der Waals surface area contributed by atoms with E-state index in [2.05, 4.69) is 36.8 Å². The van der Waals surface area contributed by atoms with E-state index < -0.39 is 5.82 Å². The fraction of sp³-hybridized carbons (Fsp3) is 0.214. The van der Waals surface area contributed by atoms with E-state index in [1.807, 2.05) is 17.0 Å². The molecule has 3 aliphatic rings. The molecular weight excluding hydrogens is 549 g/mol. The molecule has 1 N–H and O–H groups in total. The average molecular weight is 572 g/mol. The Balaban J connectivity index is 1.15. The summed E-state index contributed by atoms with van der Waals surface area (Å²) in [5, 5.41) is 6.89. The lowest BCUT2D eigenvalue weighted by molar-refractivity contribution is -0.131. The molecule has 0 spiro atoms. The van der Waals surface area contributed by atoms with Gasteiger partial charge in [-0.3, -0.25) is 4.79 Å². The predicted molar refractivity (Wildman–Crippen MR) is 151 cm³/mol. The van der Waals surface area contributed by atoms with Gasteiger partial charge in [-0.2, -0.15) is 5.10 Å². The van der Waals surface area contributed by atoms with Gasteiger partial charge in [0.2, 0.25) is 5.91 Å². The van der Waals surface area contributed by atoms with Crippen LogP contribution in [0.15, 0.2) is 67.9 Å². The highest BCUT2D eigenvalue weighted by molar-refractivity contribution is 6.32. The SMILES string of the molecule is C=CC(=O)N1C[C@H]2CC[C@@H]1CN2c1ccc2ncnc(Nc3ccc(Oc4ccn5ncnc5c4)c(Cl)c3F)c2n1. The van der Waals surface area contributed by atoms with Gasteiger partial charge in [0.1, 0.15) is 40.5 Å². The van der Waals surface area contributed by atoms with E-state index in [0.29, 0.717) is 41.3 Å². The fourth-order valence-electron chi connectivity index (χ4n) is 5.50. The highest BCUT2D eigenvalue weighted by atomic mass is 35.5. The maximum absolute atomic E-state index is 15.4. The number of hydrogen-bond acceptors (Lipinski definition) is 9. The van der Waals surface area contributed by atoms with Crippen molar-refractivity contribution in [3.05, 3.63) is 78.7 Å². The van der Waals surface area contributed by atoms with Crippen LogP contribution < -0.4 is 15.0 Å². The number of ether oxygens (including phenoxy) is 1. The van der Waals surface area contributed by atoms with Crippen molar-refractivity contribution in [2.45, 2.75) is 24.9 Å². The standard InChI is InChI=1S/C28H23ClFN9O2/c1-2-24(40)38-13-16-3-4-17(38)12-37(16)22-8-6-20-27(36-22)28(33-14-31-20)35-19-5-7-21(25(29)26(19)30)41-18-9-10-39-23(11-18)32-15-34-39/h2,5-11,14-17H,1,3-4,12-13H2,(H,31,33,35)/t16-,17-/m1/s1. The number of hydrogen-bond donors (Lipinski definition) is 1. The number of piperidine rings is 2. The number of anilines is 3. The molecular formula is C28H23ClFN9O2. The van der Waals surface area contributed by atoms with Gasteiger partial charge in [-0.15, -0.1) is 0 Å². The molecule has 11 nitrogen and oxygen atoms in total. The molecule has 3 fully saturated rings. The summed E-state index contributed by atoms with van der Waals surface area (Å²) in [6.45, 7) is 4.93. The lowest BCUT2D eigenvalue weighted by Crippen LogP contribution is -2.64. The second-order valence-electron chi connectivity index (χ2n) is 9.88. The Kier molecular flexibility index (Phi) is 6.11. The number of rotatable bonds is 6. The first-order valence-corrected chi connectivity index (χ1v) is 13.4. The second-order valence-corrected chi connectivity index (χ2v) is 10.3. The normalized spacial score (nSPS) is 18.2. The van der Waals surface area contributed by atoms with Gasteiger partial charge in [0, 0.05) is 37.4 Å². The lowest BCUT2D eigenvalue weighted by Gasteiger charge is -2.51. The van der Waals surface area contributed by atoms with Crippen LogP contribution in [0.2, 0.25) is 5.02 Å². The smallest absolute Gasteiger partial charge is 0.246 e. The summed E-state index contributed by atoms with van der Waals surface area (Å²) < 4.78 is 22.9. The van der Waals surface area contributed by atoms with Crippen LogP contribution in [0, 0.1) is 5.82 Å². The molecule has 0 radical (unpaired) electrons. The monoisotopic (exact) mass is 571 g/mol. The largest absolute Gasteiger partial charge is 0.455 e. The Morgan fingerprint density at radius 1 is 1.10 bits per heavy atom. The molecule has 3 saturated heterocycles. The number of pyridine rings is 2. The number of halogens is 2. The molecule has 3 aliphatic heterocycles. The third-order valence-electron chi connectivity index (χ3n) is 7.53. The van der Waals surface area contributed by atoms with Crippen LogP contribution in [0.25, 0.3) is 16.7 Å². The lowest BCUT2D eigenvalue weighted by atomic mass is 9.90. The number of nitrogens with zero attached hydrogens (tertiary/aromatic N) is 8. The van der Waals surface area contributed by atoms with Crippen molar-refractivity contribution in [1.29, 1.82) is 0 Å². The topological polar surface area (TPSA) is 114 Å². The first-order valence-electron chi connectivity index (χ1n) is 13.0. The van der Waals surface area contributed by atoms with E-state index >= 15 is 4.39 Å². The first kappa shape index (κ1) is 25.1. The minimum atomic E-state index is -0.698. The van der Waals surface area contributed by atoms with Crippen LogP contribution in [-0.4, -0.2) is 65.5 Å². The molecule has 1 amide bonds. The van der Waals surface area contributed by atoms with Crippen LogP contribution in [0.4, 0.5) is 21.7 Å². The first-order chi connectivity index (χ1) is 20.0. The quantitative estimate of drug-likeness (QED) is 0.288. The van der Waals surface area contributed by atoms with Gasteiger partial charge in [-0.1, -0.05) is 18.2 Å². The Bertz CT molecular complexity index is 1830. The Morgan fingerprint density at radius 3 is 2.80 bits per heavy atom. The Hall–Kier alpha value is -4.84. The van der Waals surface area contributed by atoms with Crippen molar-refractivity contribution in [2.75, 3.05) is 23.3 Å². The number of carbonyl (C=O) groups is 1. The molecule has 0 aliphatic carbocycles. The molecule has 7 heterocycles. The minimum absolute atomic E-state index is 0.0424. The number of piperazine rings is 1. The molecule has 0 unspecified atom stereocenters. The zero-order valence-corrected chi connectivity index (χ0v) is 22.4. The van der Waals surface area contributed by atoms with Crippen molar-refractivity contribution in [1.82, 2.24) is 34.4 Å². The number of aromatic nitrogens is 6.